The molecule has 1 N–H and O–H groups in total. The van der Waals surface area contributed by atoms with Crippen molar-refractivity contribution in [2.75, 3.05) is 5.32 Å². The van der Waals surface area contributed by atoms with Gasteiger partial charge < -0.3 is 10.1 Å². The molecule has 0 fully saturated rings. The van der Waals surface area contributed by atoms with Gasteiger partial charge in [0.1, 0.15) is 5.75 Å². The van der Waals surface area contributed by atoms with Crippen LogP contribution in [0.2, 0.25) is 10.0 Å². The molecule has 0 unspecified atom stereocenters. The van der Waals surface area contributed by atoms with Gasteiger partial charge in [-0.3, -0.25) is 4.79 Å². The highest BCUT2D eigenvalue weighted by molar-refractivity contribution is 6.35. The molecule has 0 aromatic heterocycles. The molecule has 0 saturated heterocycles. The molecule has 2 aromatic carbocycles. The van der Waals surface area contributed by atoms with E-state index in [2.05, 4.69) is 19.2 Å². The topological polar surface area (TPSA) is 38.3 Å². The van der Waals surface area contributed by atoms with Gasteiger partial charge in [-0.2, -0.15) is 0 Å². The molecular formula is C19H21Cl2NO2. The van der Waals surface area contributed by atoms with Crippen LogP contribution in [0.5, 0.6) is 5.75 Å². The minimum Gasteiger partial charge on any atom is -0.479 e. The van der Waals surface area contributed by atoms with Crippen LogP contribution >= 0.6 is 23.2 Å². The predicted octanol–water partition coefficient (Wildman–Crippen LogP) is 5.52. The molecule has 1 atom stereocenters. The Bertz CT molecular complexity index is 709. The lowest BCUT2D eigenvalue weighted by molar-refractivity contribution is -0.122. The number of ether oxygens (including phenoxy) is 1. The molecule has 0 aliphatic carbocycles. The van der Waals surface area contributed by atoms with Gasteiger partial charge in [0, 0.05) is 10.7 Å². The minimum atomic E-state index is -0.682. The number of amides is 1. The molecule has 0 aliphatic rings. The number of anilines is 1. The predicted molar refractivity (Wildman–Crippen MR) is 100 cm³/mol. The molecule has 1 amide bonds. The average molecular weight is 366 g/mol. The third kappa shape index (κ3) is 4.43. The third-order valence-corrected chi connectivity index (χ3v) is 4.34. The fourth-order valence-electron chi connectivity index (χ4n) is 2.44. The van der Waals surface area contributed by atoms with Crippen LogP contribution < -0.4 is 10.1 Å². The second kappa shape index (κ2) is 8.41. The average Bonchev–Trinajstić information content (AvgIpc) is 2.57. The van der Waals surface area contributed by atoms with Crippen LogP contribution in [0.25, 0.3) is 0 Å². The van der Waals surface area contributed by atoms with Crippen LogP contribution in [0.4, 0.5) is 5.69 Å². The number of rotatable bonds is 6. The summed E-state index contributed by atoms with van der Waals surface area (Å²) in [7, 11) is 0. The number of carbonyl (C=O) groups is 1. The molecule has 5 heteroatoms. The quantitative estimate of drug-likeness (QED) is 0.731. The number of halogens is 2. The number of benzene rings is 2. The number of aryl methyl sites for hydroxylation is 2. The summed E-state index contributed by atoms with van der Waals surface area (Å²) < 4.78 is 5.68. The van der Waals surface area contributed by atoms with Gasteiger partial charge in [0.2, 0.25) is 0 Å². The highest BCUT2D eigenvalue weighted by Crippen LogP contribution is 2.29. The van der Waals surface area contributed by atoms with E-state index in [1.54, 1.807) is 25.1 Å². The van der Waals surface area contributed by atoms with Gasteiger partial charge in [-0.25, -0.2) is 0 Å². The van der Waals surface area contributed by atoms with Crippen molar-refractivity contribution < 1.29 is 9.53 Å². The number of hydrogen-bond donors (Lipinski definition) is 1. The Morgan fingerprint density at radius 2 is 1.75 bits per heavy atom. The molecule has 0 radical (unpaired) electrons. The van der Waals surface area contributed by atoms with Crippen molar-refractivity contribution in [2.24, 2.45) is 0 Å². The fourth-order valence-corrected chi connectivity index (χ4v) is 2.90. The Morgan fingerprint density at radius 3 is 2.29 bits per heavy atom. The van der Waals surface area contributed by atoms with E-state index in [0.29, 0.717) is 15.8 Å². The summed E-state index contributed by atoms with van der Waals surface area (Å²) in [5, 5.41) is 3.90. The van der Waals surface area contributed by atoms with Crippen LogP contribution in [0, 0.1) is 0 Å². The second-order valence-electron chi connectivity index (χ2n) is 5.48. The largest absolute Gasteiger partial charge is 0.479 e. The second-order valence-corrected chi connectivity index (χ2v) is 6.33. The summed E-state index contributed by atoms with van der Waals surface area (Å²) in [5.74, 6) is 0.222. The van der Waals surface area contributed by atoms with Crippen LogP contribution in [-0.4, -0.2) is 12.0 Å². The van der Waals surface area contributed by atoms with Crippen molar-refractivity contribution in [3.63, 3.8) is 0 Å². The van der Waals surface area contributed by atoms with Gasteiger partial charge in [0.15, 0.2) is 6.10 Å². The standard InChI is InChI=1S/C19H21Cl2NO2/c1-4-13-7-6-8-14(5-2)18(13)22-19(23)12(3)24-17-10-9-15(20)11-16(17)21/h6-12H,4-5H2,1-3H3,(H,22,23)/t12-/m1/s1. The van der Waals surface area contributed by atoms with Crippen molar-refractivity contribution in [3.8, 4) is 5.75 Å². The van der Waals surface area contributed by atoms with Crippen molar-refractivity contribution >= 4 is 34.8 Å². The first-order chi connectivity index (χ1) is 11.5. The van der Waals surface area contributed by atoms with Crippen LogP contribution in [0.1, 0.15) is 31.9 Å². The summed E-state index contributed by atoms with van der Waals surface area (Å²) in [6.07, 6.45) is 1.02. The zero-order chi connectivity index (χ0) is 17.7. The molecule has 0 spiro atoms. The molecule has 3 nitrogen and oxygen atoms in total. The lowest BCUT2D eigenvalue weighted by atomic mass is 10.0. The molecule has 0 aliphatic heterocycles. The maximum Gasteiger partial charge on any atom is 0.265 e. The number of hydrogen-bond acceptors (Lipinski definition) is 2. The van der Waals surface area contributed by atoms with Gasteiger partial charge in [0.25, 0.3) is 5.91 Å². The van der Waals surface area contributed by atoms with Crippen molar-refractivity contribution in [1.82, 2.24) is 0 Å². The lowest BCUT2D eigenvalue weighted by Crippen LogP contribution is -2.31. The van der Waals surface area contributed by atoms with Crippen LogP contribution in [-0.2, 0) is 17.6 Å². The zero-order valence-electron chi connectivity index (χ0n) is 14.0. The number of para-hydroxylation sites is 1. The van der Waals surface area contributed by atoms with E-state index in [4.69, 9.17) is 27.9 Å². The van der Waals surface area contributed by atoms with Crippen molar-refractivity contribution in [3.05, 3.63) is 57.6 Å². The molecule has 128 valence electrons. The SMILES string of the molecule is CCc1cccc(CC)c1NC(=O)[C@@H](C)Oc1ccc(Cl)cc1Cl. The van der Waals surface area contributed by atoms with E-state index in [-0.39, 0.29) is 5.91 Å². The first-order valence-electron chi connectivity index (χ1n) is 7.99. The summed E-state index contributed by atoms with van der Waals surface area (Å²) >= 11 is 12.0. The molecule has 0 bridgehead atoms. The highest BCUT2D eigenvalue weighted by atomic mass is 35.5. The molecule has 2 aromatic rings. The summed E-state index contributed by atoms with van der Waals surface area (Å²) in [6, 6.07) is 11.0. The first-order valence-corrected chi connectivity index (χ1v) is 8.75. The van der Waals surface area contributed by atoms with Gasteiger partial charge in [-0.1, -0.05) is 55.2 Å². The third-order valence-electron chi connectivity index (χ3n) is 3.81. The van der Waals surface area contributed by atoms with E-state index >= 15 is 0 Å². The van der Waals surface area contributed by atoms with Crippen LogP contribution in [0.3, 0.4) is 0 Å². The maximum atomic E-state index is 12.5. The highest BCUT2D eigenvalue weighted by Gasteiger charge is 2.18. The van der Waals surface area contributed by atoms with E-state index in [9.17, 15) is 4.79 Å². The lowest BCUT2D eigenvalue weighted by Gasteiger charge is -2.19. The molecule has 2 rings (SSSR count). The van der Waals surface area contributed by atoms with Gasteiger partial charge in [-0.05, 0) is 49.1 Å². The number of nitrogens with one attached hydrogen (secondary N) is 1. The minimum absolute atomic E-state index is 0.211. The molecular weight excluding hydrogens is 345 g/mol. The van der Waals surface area contributed by atoms with Gasteiger partial charge >= 0.3 is 0 Å². The summed E-state index contributed by atoms with van der Waals surface area (Å²) in [4.78, 5) is 12.5. The summed E-state index contributed by atoms with van der Waals surface area (Å²) in [6.45, 7) is 5.83. The van der Waals surface area contributed by atoms with Crippen molar-refractivity contribution in [2.45, 2.75) is 39.7 Å². The Morgan fingerprint density at radius 1 is 1.12 bits per heavy atom. The van der Waals surface area contributed by atoms with Gasteiger partial charge in [-0.15, -0.1) is 0 Å². The Hall–Kier alpha value is -1.71. The zero-order valence-corrected chi connectivity index (χ0v) is 15.5. The first kappa shape index (κ1) is 18.6. The van der Waals surface area contributed by atoms with Crippen molar-refractivity contribution in [1.29, 1.82) is 0 Å². The van der Waals surface area contributed by atoms with E-state index in [1.165, 1.54) is 0 Å². The Balaban J connectivity index is 2.15. The molecule has 0 heterocycles. The van der Waals surface area contributed by atoms with E-state index in [1.807, 2.05) is 18.2 Å². The maximum absolute atomic E-state index is 12.5. The molecule has 24 heavy (non-hydrogen) atoms. The summed E-state index contributed by atoms with van der Waals surface area (Å²) in [5.41, 5.74) is 3.10. The normalized spacial score (nSPS) is 11.9. The monoisotopic (exact) mass is 365 g/mol. The van der Waals surface area contributed by atoms with E-state index in [0.717, 1.165) is 29.7 Å². The Kier molecular flexibility index (Phi) is 6.52. The fraction of sp³-hybridized carbons (Fsp3) is 0.316. The van der Waals surface area contributed by atoms with Gasteiger partial charge in [0.05, 0.1) is 5.02 Å². The number of carbonyl (C=O) groups excluding carboxylic acids is 1. The molecule has 0 saturated carbocycles. The van der Waals surface area contributed by atoms with E-state index < -0.39 is 6.10 Å². The smallest absolute Gasteiger partial charge is 0.265 e. The van der Waals surface area contributed by atoms with Crippen LogP contribution in [0.15, 0.2) is 36.4 Å². The Labute approximate surface area is 152 Å².